The van der Waals surface area contributed by atoms with Gasteiger partial charge in [-0.3, -0.25) is 9.59 Å². The Labute approximate surface area is 110 Å². The highest BCUT2D eigenvalue weighted by Crippen LogP contribution is 2.32. The van der Waals surface area contributed by atoms with Crippen molar-refractivity contribution in [2.75, 3.05) is 0 Å². The fraction of sp³-hybridized carbons (Fsp3) is 0.333. The van der Waals surface area contributed by atoms with Gasteiger partial charge in [-0.05, 0) is 30.9 Å². The number of hydrogen-bond donors (Lipinski definition) is 1. The second kappa shape index (κ2) is 4.53. The van der Waals surface area contributed by atoms with Crippen molar-refractivity contribution in [2.24, 2.45) is 5.92 Å². The molecule has 19 heavy (non-hydrogen) atoms. The monoisotopic (exact) mass is 257 g/mol. The Bertz CT molecular complexity index is 698. The number of carboxylic acid groups (broad SMARTS) is 1. The average molecular weight is 257 g/mol. The Kier molecular flexibility index (Phi) is 2.85. The third-order valence-electron chi connectivity index (χ3n) is 3.57. The summed E-state index contributed by atoms with van der Waals surface area (Å²) in [6.45, 7) is 0.809. The summed E-state index contributed by atoms with van der Waals surface area (Å²) < 4.78 is 2.00. The average Bonchev–Trinajstić information content (AvgIpc) is 3.17. The third-order valence-corrected chi connectivity index (χ3v) is 3.57. The summed E-state index contributed by atoms with van der Waals surface area (Å²) >= 11 is 0. The van der Waals surface area contributed by atoms with Crippen LogP contribution in [-0.4, -0.2) is 15.6 Å². The minimum Gasteiger partial charge on any atom is -0.481 e. The molecule has 4 nitrogen and oxygen atoms in total. The van der Waals surface area contributed by atoms with Crippen LogP contribution in [0.25, 0.3) is 10.9 Å². The lowest BCUT2D eigenvalue weighted by Crippen LogP contribution is -2.17. The molecule has 1 aromatic heterocycles. The second-order valence-corrected chi connectivity index (χ2v) is 5.14. The smallest absolute Gasteiger partial charge is 0.309 e. The molecule has 0 amide bonds. The number of aliphatic carboxylic acids is 1. The molecule has 2 aromatic rings. The molecule has 1 N–H and O–H groups in total. The van der Waals surface area contributed by atoms with Gasteiger partial charge in [0.15, 0.2) is 5.43 Å². The quantitative estimate of drug-likeness (QED) is 0.911. The predicted octanol–water partition coefficient (Wildman–Crippen LogP) is 2.04. The minimum absolute atomic E-state index is 0.0982. The molecule has 1 aromatic carbocycles. The normalized spacial score (nSPS) is 14.7. The van der Waals surface area contributed by atoms with Crippen molar-refractivity contribution in [3.63, 3.8) is 0 Å². The molecular weight excluding hydrogens is 242 g/mol. The van der Waals surface area contributed by atoms with Gasteiger partial charge in [-0.1, -0.05) is 12.1 Å². The summed E-state index contributed by atoms with van der Waals surface area (Å²) in [6.07, 6.45) is 2.27. The number of hydrogen-bond acceptors (Lipinski definition) is 2. The van der Waals surface area contributed by atoms with Crippen molar-refractivity contribution in [1.82, 2.24) is 4.57 Å². The molecule has 0 saturated heterocycles. The number of pyridine rings is 1. The standard InChI is InChI=1S/C15H15NO3/c17-14-7-11(8-15(18)19)16(9-10-5-6-10)13-4-2-1-3-12(13)14/h1-4,7,10H,5-6,8-9H2,(H,18,19). The minimum atomic E-state index is -0.903. The Morgan fingerprint density at radius 2 is 2.05 bits per heavy atom. The number of rotatable bonds is 4. The summed E-state index contributed by atoms with van der Waals surface area (Å²) in [5.41, 5.74) is 1.35. The van der Waals surface area contributed by atoms with Gasteiger partial charge in [-0.25, -0.2) is 0 Å². The van der Waals surface area contributed by atoms with Crippen LogP contribution >= 0.6 is 0 Å². The molecule has 1 saturated carbocycles. The first-order valence-electron chi connectivity index (χ1n) is 6.48. The lowest BCUT2D eigenvalue weighted by molar-refractivity contribution is -0.136. The Morgan fingerprint density at radius 3 is 2.74 bits per heavy atom. The number of carbonyl (C=O) groups is 1. The zero-order valence-corrected chi connectivity index (χ0v) is 10.5. The largest absolute Gasteiger partial charge is 0.481 e. The van der Waals surface area contributed by atoms with Crippen molar-refractivity contribution in [3.05, 3.63) is 46.2 Å². The van der Waals surface area contributed by atoms with E-state index in [4.69, 9.17) is 5.11 Å². The van der Waals surface area contributed by atoms with Crippen LogP contribution in [-0.2, 0) is 17.8 Å². The highest BCUT2D eigenvalue weighted by Gasteiger charge is 2.23. The van der Waals surface area contributed by atoms with Gasteiger partial charge in [0.1, 0.15) is 0 Å². The maximum Gasteiger partial charge on any atom is 0.309 e. The van der Waals surface area contributed by atoms with Crippen molar-refractivity contribution < 1.29 is 9.90 Å². The van der Waals surface area contributed by atoms with Crippen molar-refractivity contribution >= 4 is 16.9 Å². The molecule has 0 spiro atoms. The highest BCUT2D eigenvalue weighted by atomic mass is 16.4. The third kappa shape index (κ3) is 2.38. The molecule has 0 radical (unpaired) electrons. The second-order valence-electron chi connectivity index (χ2n) is 5.14. The van der Waals surface area contributed by atoms with E-state index in [0.29, 0.717) is 17.0 Å². The summed E-state index contributed by atoms with van der Waals surface area (Å²) in [7, 11) is 0. The van der Waals surface area contributed by atoms with E-state index in [1.54, 1.807) is 6.07 Å². The molecule has 0 unspecified atom stereocenters. The zero-order chi connectivity index (χ0) is 13.4. The van der Waals surface area contributed by atoms with E-state index in [-0.39, 0.29) is 11.8 Å². The van der Waals surface area contributed by atoms with E-state index in [9.17, 15) is 9.59 Å². The van der Waals surface area contributed by atoms with Gasteiger partial charge in [0.2, 0.25) is 0 Å². The van der Waals surface area contributed by atoms with Gasteiger partial charge < -0.3 is 9.67 Å². The van der Waals surface area contributed by atoms with Gasteiger partial charge in [-0.2, -0.15) is 0 Å². The van der Waals surface area contributed by atoms with E-state index in [2.05, 4.69) is 0 Å². The lowest BCUT2D eigenvalue weighted by atomic mass is 10.1. The molecule has 3 rings (SSSR count). The Balaban J connectivity index is 2.21. The van der Waals surface area contributed by atoms with Gasteiger partial charge in [0.25, 0.3) is 0 Å². The zero-order valence-electron chi connectivity index (χ0n) is 10.5. The number of nitrogens with zero attached hydrogens (tertiary/aromatic N) is 1. The fourth-order valence-electron chi connectivity index (χ4n) is 2.45. The van der Waals surface area contributed by atoms with Crippen LogP contribution in [0, 0.1) is 5.92 Å². The van der Waals surface area contributed by atoms with Gasteiger partial charge in [0, 0.05) is 23.7 Å². The first kappa shape index (κ1) is 12.0. The molecule has 98 valence electrons. The number of carboxylic acids is 1. The first-order chi connectivity index (χ1) is 9.15. The fourth-order valence-corrected chi connectivity index (χ4v) is 2.45. The van der Waals surface area contributed by atoms with Gasteiger partial charge in [0.05, 0.1) is 11.9 Å². The predicted molar refractivity (Wildman–Crippen MR) is 72.3 cm³/mol. The molecular formula is C15H15NO3. The molecule has 0 atom stereocenters. The van der Waals surface area contributed by atoms with Crippen LogP contribution in [0.2, 0.25) is 0 Å². The number of aromatic nitrogens is 1. The molecule has 0 aliphatic heterocycles. The van der Waals surface area contributed by atoms with Crippen LogP contribution in [0.5, 0.6) is 0 Å². The van der Waals surface area contributed by atoms with Crippen molar-refractivity contribution in [2.45, 2.75) is 25.8 Å². The molecule has 1 aliphatic rings. The van der Waals surface area contributed by atoms with Crippen LogP contribution in [0.15, 0.2) is 35.1 Å². The Hall–Kier alpha value is -2.10. The Morgan fingerprint density at radius 1 is 1.32 bits per heavy atom. The van der Waals surface area contributed by atoms with E-state index in [1.807, 2.05) is 22.8 Å². The van der Waals surface area contributed by atoms with E-state index in [0.717, 1.165) is 12.1 Å². The maximum absolute atomic E-state index is 12.0. The molecule has 4 heteroatoms. The summed E-state index contributed by atoms with van der Waals surface area (Å²) in [5.74, 6) is -0.280. The summed E-state index contributed by atoms with van der Waals surface area (Å²) in [5, 5.41) is 9.65. The van der Waals surface area contributed by atoms with Crippen molar-refractivity contribution in [3.8, 4) is 0 Å². The molecule has 1 fully saturated rings. The van der Waals surface area contributed by atoms with Crippen LogP contribution in [0.1, 0.15) is 18.5 Å². The topological polar surface area (TPSA) is 59.3 Å². The first-order valence-corrected chi connectivity index (χ1v) is 6.48. The number of benzene rings is 1. The molecule has 0 bridgehead atoms. The van der Waals surface area contributed by atoms with Crippen molar-refractivity contribution in [1.29, 1.82) is 0 Å². The molecule has 1 heterocycles. The van der Waals surface area contributed by atoms with E-state index in [1.165, 1.54) is 18.9 Å². The van der Waals surface area contributed by atoms with Crippen LogP contribution in [0.4, 0.5) is 0 Å². The summed E-state index contributed by atoms with van der Waals surface area (Å²) in [4.78, 5) is 23.0. The number of fused-ring (bicyclic) bond motifs is 1. The van der Waals surface area contributed by atoms with E-state index >= 15 is 0 Å². The SMILES string of the molecule is O=C(O)Cc1cc(=O)c2ccccc2n1CC1CC1. The maximum atomic E-state index is 12.0. The highest BCUT2D eigenvalue weighted by molar-refractivity contribution is 5.80. The van der Waals surface area contributed by atoms with Gasteiger partial charge >= 0.3 is 5.97 Å². The van der Waals surface area contributed by atoms with E-state index < -0.39 is 5.97 Å². The van der Waals surface area contributed by atoms with Gasteiger partial charge in [-0.15, -0.1) is 0 Å². The molecule has 1 aliphatic carbocycles. The van der Waals surface area contributed by atoms with Crippen LogP contribution < -0.4 is 5.43 Å². The number of para-hydroxylation sites is 1. The van der Waals surface area contributed by atoms with Crippen LogP contribution in [0.3, 0.4) is 0 Å². The lowest BCUT2D eigenvalue weighted by Gasteiger charge is -2.15. The summed E-state index contributed by atoms with van der Waals surface area (Å²) in [6, 6.07) is 8.88.